The fraction of sp³-hybridized carbons (Fsp3) is 0.667. The first-order chi connectivity index (χ1) is 7.00. The van der Waals surface area contributed by atoms with Crippen LogP contribution in [-0.2, 0) is 14.4 Å². The SMILES string of the molecule is CN(C)NC(=O)CCN1C(=O)CCC1=O. The number of hydrogen-bond donors (Lipinski definition) is 1. The van der Waals surface area contributed by atoms with Gasteiger partial charge < -0.3 is 0 Å². The molecular weight excluding hydrogens is 198 g/mol. The molecule has 0 unspecified atom stereocenters. The molecule has 0 aromatic rings. The highest BCUT2D eigenvalue weighted by molar-refractivity contribution is 6.02. The minimum atomic E-state index is -0.201. The van der Waals surface area contributed by atoms with Crippen LogP contribution in [0.25, 0.3) is 0 Å². The smallest absolute Gasteiger partial charge is 0.236 e. The zero-order valence-corrected chi connectivity index (χ0v) is 8.95. The molecule has 3 amide bonds. The van der Waals surface area contributed by atoms with Crippen LogP contribution in [0.4, 0.5) is 0 Å². The van der Waals surface area contributed by atoms with E-state index in [1.54, 1.807) is 14.1 Å². The summed E-state index contributed by atoms with van der Waals surface area (Å²) in [6.07, 6.45) is 0.692. The van der Waals surface area contributed by atoms with Crippen molar-refractivity contribution >= 4 is 17.7 Å². The van der Waals surface area contributed by atoms with Gasteiger partial charge in [-0.1, -0.05) is 0 Å². The topological polar surface area (TPSA) is 69.7 Å². The summed E-state index contributed by atoms with van der Waals surface area (Å²) in [4.78, 5) is 34.7. The minimum absolute atomic E-state index is 0.148. The molecule has 0 bridgehead atoms. The average Bonchev–Trinajstić information content (AvgIpc) is 2.42. The lowest BCUT2D eigenvalue weighted by molar-refractivity contribution is -0.138. The largest absolute Gasteiger partial charge is 0.289 e. The van der Waals surface area contributed by atoms with Crippen LogP contribution in [0.3, 0.4) is 0 Å². The Morgan fingerprint density at radius 3 is 2.33 bits per heavy atom. The molecule has 1 heterocycles. The second kappa shape index (κ2) is 4.88. The monoisotopic (exact) mass is 213 g/mol. The van der Waals surface area contributed by atoms with Crippen molar-refractivity contribution in [2.24, 2.45) is 0 Å². The van der Waals surface area contributed by atoms with E-state index in [9.17, 15) is 14.4 Å². The summed E-state index contributed by atoms with van der Waals surface area (Å²) in [6.45, 7) is 0.178. The number of hydrazine groups is 1. The maximum absolute atomic E-state index is 11.2. The van der Waals surface area contributed by atoms with Gasteiger partial charge >= 0.3 is 0 Å². The lowest BCUT2D eigenvalue weighted by Gasteiger charge is -2.15. The lowest BCUT2D eigenvalue weighted by atomic mass is 10.4. The molecular formula is C9H15N3O3. The number of carbonyl (C=O) groups is 3. The zero-order valence-electron chi connectivity index (χ0n) is 8.95. The normalized spacial score (nSPS) is 16.3. The highest BCUT2D eigenvalue weighted by Gasteiger charge is 2.28. The van der Waals surface area contributed by atoms with E-state index in [0.717, 1.165) is 4.90 Å². The molecule has 0 radical (unpaired) electrons. The third-order valence-corrected chi connectivity index (χ3v) is 2.07. The molecule has 1 aliphatic heterocycles. The van der Waals surface area contributed by atoms with Gasteiger partial charge in [0.2, 0.25) is 17.7 Å². The van der Waals surface area contributed by atoms with Crippen LogP contribution in [0, 0.1) is 0 Å². The van der Waals surface area contributed by atoms with Crippen molar-refractivity contribution in [2.75, 3.05) is 20.6 Å². The van der Waals surface area contributed by atoms with Crippen molar-refractivity contribution in [1.29, 1.82) is 0 Å². The molecule has 1 saturated heterocycles. The Balaban J connectivity index is 2.33. The fourth-order valence-corrected chi connectivity index (χ4v) is 1.39. The molecule has 1 fully saturated rings. The van der Waals surface area contributed by atoms with E-state index in [0.29, 0.717) is 0 Å². The number of nitrogens with zero attached hydrogens (tertiary/aromatic N) is 2. The van der Waals surface area contributed by atoms with Gasteiger partial charge in [0.05, 0.1) is 0 Å². The summed E-state index contributed by atoms with van der Waals surface area (Å²) < 4.78 is 0. The summed E-state index contributed by atoms with van der Waals surface area (Å²) in [5.74, 6) is -0.567. The Labute approximate surface area is 88.2 Å². The first-order valence-corrected chi connectivity index (χ1v) is 4.80. The molecule has 0 aromatic carbocycles. The van der Waals surface area contributed by atoms with Crippen LogP contribution in [0.1, 0.15) is 19.3 Å². The number of likely N-dealkylation sites (tertiary alicyclic amines) is 1. The van der Waals surface area contributed by atoms with Crippen LogP contribution < -0.4 is 5.43 Å². The highest BCUT2D eigenvalue weighted by Crippen LogP contribution is 2.11. The maximum Gasteiger partial charge on any atom is 0.236 e. The Hall–Kier alpha value is -1.43. The number of carbonyl (C=O) groups excluding carboxylic acids is 3. The second-order valence-electron chi connectivity index (χ2n) is 3.62. The van der Waals surface area contributed by atoms with Crippen molar-refractivity contribution in [3.63, 3.8) is 0 Å². The Morgan fingerprint density at radius 1 is 1.33 bits per heavy atom. The molecule has 1 N–H and O–H groups in total. The van der Waals surface area contributed by atoms with Gasteiger partial charge in [-0.2, -0.15) is 0 Å². The van der Waals surface area contributed by atoms with Gasteiger partial charge in [0.25, 0.3) is 0 Å². The molecule has 6 nitrogen and oxygen atoms in total. The van der Waals surface area contributed by atoms with E-state index in [4.69, 9.17) is 0 Å². The van der Waals surface area contributed by atoms with Gasteiger partial charge in [0, 0.05) is 39.9 Å². The highest BCUT2D eigenvalue weighted by atomic mass is 16.2. The molecule has 0 aromatic heterocycles. The van der Waals surface area contributed by atoms with E-state index < -0.39 is 0 Å². The average molecular weight is 213 g/mol. The van der Waals surface area contributed by atoms with E-state index in [-0.39, 0.29) is 43.5 Å². The molecule has 1 rings (SSSR count). The van der Waals surface area contributed by atoms with E-state index in [1.807, 2.05) is 0 Å². The predicted octanol–water partition coefficient (Wildman–Crippen LogP) is -0.882. The Kier molecular flexibility index (Phi) is 3.79. The zero-order chi connectivity index (χ0) is 11.4. The fourth-order valence-electron chi connectivity index (χ4n) is 1.39. The summed E-state index contributed by atoms with van der Waals surface area (Å²) >= 11 is 0. The third kappa shape index (κ3) is 3.32. The Morgan fingerprint density at radius 2 is 1.87 bits per heavy atom. The second-order valence-corrected chi connectivity index (χ2v) is 3.62. The van der Waals surface area contributed by atoms with Gasteiger partial charge in [0.1, 0.15) is 0 Å². The molecule has 0 saturated carbocycles. The van der Waals surface area contributed by atoms with E-state index in [1.165, 1.54) is 5.01 Å². The molecule has 0 atom stereocenters. The number of rotatable bonds is 4. The molecule has 0 aliphatic carbocycles. The Bertz CT molecular complexity index is 272. The minimum Gasteiger partial charge on any atom is -0.289 e. The molecule has 1 aliphatic rings. The molecule has 84 valence electrons. The van der Waals surface area contributed by atoms with Gasteiger partial charge in [-0.15, -0.1) is 0 Å². The summed E-state index contributed by atoms with van der Waals surface area (Å²) in [5, 5.41) is 1.52. The van der Waals surface area contributed by atoms with E-state index >= 15 is 0 Å². The van der Waals surface area contributed by atoms with Crippen LogP contribution >= 0.6 is 0 Å². The van der Waals surface area contributed by atoms with Crippen LogP contribution in [-0.4, -0.2) is 48.3 Å². The number of hydrogen-bond acceptors (Lipinski definition) is 4. The summed E-state index contributed by atoms with van der Waals surface area (Å²) in [5.41, 5.74) is 2.54. The van der Waals surface area contributed by atoms with Crippen molar-refractivity contribution in [3.8, 4) is 0 Å². The lowest BCUT2D eigenvalue weighted by Crippen LogP contribution is -2.39. The van der Waals surface area contributed by atoms with Gasteiger partial charge in [-0.3, -0.25) is 24.7 Å². The quantitative estimate of drug-likeness (QED) is 0.486. The standard InChI is InChI=1S/C9H15N3O3/c1-11(2)10-7(13)5-6-12-8(14)3-4-9(12)15/h3-6H2,1-2H3,(H,10,13). The van der Waals surface area contributed by atoms with Gasteiger partial charge in [-0.25, -0.2) is 5.01 Å². The van der Waals surface area contributed by atoms with Gasteiger partial charge in [-0.05, 0) is 0 Å². The maximum atomic E-state index is 11.2. The summed E-state index contributed by atoms with van der Waals surface area (Å²) in [7, 11) is 3.40. The number of nitrogens with one attached hydrogen (secondary N) is 1. The third-order valence-electron chi connectivity index (χ3n) is 2.07. The van der Waals surface area contributed by atoms with Crippen molar-refractivity contribution < 1.29 is 14.4 Å². The van der Waals surface area contributed by atoms with Crippen LogP contribution in [0.5, 0.6) is 0 Å². The van der Waals surface area contributed by atoms with Crippen molar-refractivity contribution in [1.82, 2.24) is 15.3 Å². The molecule has 0 spiro atoms. The first kappa shape index (κ1) is 11.6. The van der Waals surface area contributed by atoms with Crippen molar-refractivity contribution in [3.05, 3.63) is 0 Å². The predicted molar refractivity (Wildman–Crippen MR) is 52.4 cm³/mol. The van der Waals surface area contributed by atoms with Crippen LogP contribution in [0.15, 0.2) is 0 Å². The first-order valence-electron chi connectivity index (χ1n) is 4.80. The van der Waals surface area contributed by atoms with Gasteiger partial charge in [0.15, 0.2) is 0 Å². The summed E-state index contributed by atoms with van der Waals surface area (Å²) in [6, 6.07) is 0. The van der Waals surface area contributed by atoms with Crippen LogP contribution in [0.2, 0.25) is 0 Å². The molecule has 15 heavy (non-hydrogen) atoms. The van der Waals surface area contributed by atoms with Crippen molar-refractivity contribution in [2.45, 2.75) is 19.3 Å². The number of imide groups is 1. The molecule has 6 heteroatoms. The van der Waals surface area contributed by atoms with E-state index in [2.05, 4.69) is 5.43 Å². The number of amides is 3.